The van der Waals surface area contributed by atoms with E-state index in [-0.39, 0.29) is 25.0 Å². The van der Waals surface area contributed by atoms with Crippen LogP contribution in [0.3, 0.4) is 0 Å². The molecule has 0 aliphatic carbocycles. The number of carboxylic acid groups (broad SMARTS) is 1. The van der Waals surface area contributed by atoms with E-state index in [1.807, 2.05) is 0 Å². The third kappa shape index (κ3) is 22.7. The van der Waals surface area contributed by atoms with Crippen LogP contribution in [0.2, 0.25) is 0 Å². The first-order valence-corrected chi connectivity index (χ1v) is 7.61. The fraction of sp³-hybridized carbons (Fsp3) is 0.643. The largest absolute Gasteiger partial charge is 0.480 e. The Hall–Kier alpha value is -1.62. The Balaban J connectivity index is -0.000000462. The number of aliphatic hydroxyl groups excluding tert-OH is 2. The molecule has 0 fully saturated rings. The van der Waals surface area contributed by atoms with Gasteiger partial charge in [0, 0.05) is 18.9 Å². The lowest BCUT2D eigenvalue weighted by atomic mass is 10.2. The molecule has 1 amide bonds. The van der Waals surface area contributed by atoms with Gasteiger partial charge in [-0.15, -0.1) is 0 Å². The number of hydrogen-bond donors (Lipinski definition) is 6. The minimum atomic E-state index is -1.13. The zero-order valence-corrected chi connectivity index (χ0v) is 15.0. The van der Waals surface area contributed by atoms with Crippen molar-refractivity contribution >= 4 is 31.0 Å². The van der Waals surface area contributed by atoms with Gasteiger partial charge in [-0.3, -0.25) is 14.4 Å². The molecule has 142 valence electrons. The summed E-state index contributed by atoms with van der Waals surface area (Å²) >= 11 is 3.91. The lowest BCUT2D eigenvalue weighted by Crippen LogP contribution is -2.32. The topological polar surface area (TPSA) is 159 Å². The summed E-state index contributed by atoms with van der Waals surface area (Å²) in [7, 11) is 1.00. The van der Waals surface area contributed by atoms with E-state index in [1.165, 1.54) is 6.08 Å². The van der Waals surface area contributed by atoms with Gasteiger partial charge in [-0.25, -0.2) is 0 Å². The van der Waals surface area contributed by atoms with Crippen LogP contribution in [-0.4, -0.2) is 71.3 Å². The summed E-state index contributed by atoms with van der Waals surface area (Å²) in [4.78, 5) is 31.5. The van der Waals surface area contributed by atoms with Crippen molar-refractivity contribution in [3.05, 3.63) is 12.2 Å². The molecule has 0 bridgehead atoms. The van der Waals surface area contributed by atoms with E-state index in [9.17, 15) is 14.4 Å². The summed E-state index contributed by atoms with van der Waals surface area (Å²) in [5.41, 5.74) is 5.19. The van der Waals surface area contributed by atoms with Crippen molar-refractivity contribution in [1.29, 1.82) is 0 Å². The summed E-state index contributed by atoms with van der Waals surface area (Å²) < 4.78 is 4.61. The fourth-order valence-corrected chi connectivity index (χ4v) is 0.996. The average Bonchev–Trinajstić information content (AvgIpc) is 2.53. The Bertz CT molecular complexity index is 357. The first kappa shape index (κ1) is 27.2. The number of hydrogen-bond acceptors (Lipinski definition) is 8. The van der Waals surface area contributed by atoms with Gasteiger partial charge in [-0.1, -0.05) is 6.08 Å². The highest BCUT2D eigenvalue weighted by molar-refractivity contribution is 7.80. The smallest absolute Gasteiger partial charge is 0.322 e. The molecule has 10 heteroatoms. The molecule has 0 aliphatic heterocycles. The molecule has 0 heterocycles. The molecule has 0 aromatic rings. The van der Waals surface area contributed by atoms with E-state index in [2.05, 4.69) is 22.7 Å². The SMILES string of the molecule is CC(N)C(C)O.CO.O=COC(/C=C/CS)CC(=O)NCC(=O)O. The van der Waals surface area contributed by atoms with Crippen LogP contribution in [0, 0.1) is 0 Å². The minimum absolute atomic E-state index is 0.0926. The van der Waals surface area contributed by atoms with Gasteiger partial charge >= 0.3 is 5.97 Å². The number of carbonyl (C=O) groups excluding carboxylic acids is 2. The second kappa shape index (κ2) is 19.4. The van der Waals surface area contributed by atoms with Crippen molar-refractivity contribution in [3.63, 3.8) is 0 Å². The van der Waals surface area contributed by atoms with Crippen molar-refractivity contribution < 1.29 is 34.4 Å². The number of aliphatic hydroxyl groups is 2. The number of thiol groups is 1. The second-order valence-electron chi connectivity index (χ2n) is 4.36. The molecule has 24 heavy (non-hydrogen) atoms. The molecule has 3 atom stereocenters. The van der Waals surface area contributed by atoms with Crippen LogP contribution < -0.4 is 11.1 Å². The van der Waals surface area contributed by atoms with Gasteiger partial charge in [0.05, 0.1) is 12.5 Å². The van der Waals surface area contributed by atoms with Crippen LogP contribution >= 0.6 is 12.6 Å². The number of ether oxygens (including phenoxy) is 1. The van der Waals surface area contributed by atoms with Crippen molar-refractivity contribution in [2.75, 3.05) is 19.4 Å². The molecule has 0 aromatic carbocycles. The minimum Gasteiger partial charge on any atom is -0.480 e. The predicted molar refractivity (Wildman–Crippen MR) is 92.7 cm³/mol. The zero-order chi connectivity index (χ0) is 19.5. The summed E-state index contributed by atoms with van der Waals surface area (Å²) in [6.45, 7) is 3.22. The summed E-state index contributed by atoms with van der Waals surface area (Å²) in [6, 6.07) is -0.0926. The molecule has 0 radical (unpaired) electrons. The molecule has 0 rings (SSSR count). The van der Waals surface area contributed by atoms with Gasteiger partial charge in [-0.05, 0) is 19.9 Å². The van der Waals surface area contributed by atoms with Crippen LogP contribution in [0.25, 0.3) is 0 Å². The quantitative estimate of drug-likeness (QED) is 0.170. The monoisotopic (exact) mass is 368 g/mol. The summed E-state index contributed by atoms with van der Waals surface area (Å²) in [5, 5.41) is 26.0. The Morgan fingerprint density at radius 1 is 1.33 bits per heavy atom. The van der Waals surface area contributed by atoms with Crippen LogP contribution in [0.5, 0.6) is 0 Å². The lowest BCUT2D eigenvalue weighted by Gasteiger charge is -2.10. The molecule has 0 spiro atoms. The van der Waals surface area contributed by atoms with Gasteiger partial charge < -0.3 is 31.1 Å². The maximum atomic E-state index is 11.2. The Labute approximate surface area is 147 Å². The maximum absolute atomic E-state index is 11.2. The third-order valence-electron chi connectivity index (χ3n) is 2.27. The van der Waals surface area contributed by atoms with E-state index >= 15 is 0 Å². The van der Waals surface area contributed by atoms with Gasteiger partial charge in [0.1, 0.15) is 12.6 Å². The number of carboxylic acids is 1. The Morgan fingerprint density at radius 3 is 2.17 bits per heavy atom. The molecule has 6 N–H and O–H groups in total. The first-order chi connectivity index (χ1) is 11.2. The number of nitrogens with two attached hydrogens (primary N) is 1. The van der Waals surface area contributed by atoms with E-state index in [1.54, 1.807) is 19.9 Å². The fourth-order valence-electron chi connectivity index (χ4n) is 0.875. The van der Waals surface area contributed by atoms with E-state index < -0.39 is 24.5 Å². The second-order valence-corrected chi connectivity index (χ2v) is 4.72. The predicted octanol–water partition coefficient (Wildman–Crippen LogP) is -1.07. The number of aliphatic carboxylic acids is 1. The highest BCUT2D eigenvalue weighted by atomic mass is 32.1. The Morgan fingerprint density at radius 2 is 1.83 bits per heavy atom. The highest BCUT2D eigenvalue weighted by Gasteiger charge is 2.12. The molecule has 0 saturated heterocycles. The molecule has 0 saturated carbocycles. The van der Waals surface area contributed by atoms with Gasteiger partial charge in [0.25, 0.3) is 6.47 Å². The normalized spacial score (nSPS) is 13.3. The Kier molecular flexibility index (Phi) is 22.0. The zero-order valence-electron chi connectivity index (χ0n) is 14.1. The van der Waals surface area contributed by atoms with Crippen molar-refractivity contribution in [1.82, 2.24) is 5.32 Å². The standard InChI is InChI=1S/C9H13NO5S.C4H11NO.CH4O/c11-6-15-7(2-1-3-16)4-8(12)10-5-9(13)14;1-3(5)4(2)6;1-2/h1-2,6-7,16H,3-5H2,(H,10,12)(H,13,14);3-4,6H,5H2,1-2H3;2H,1H3/b2-1+;;. The highest BCUT2D eigenvalue weighted by Crippen LogP contribution is 1.99. The van der Waals surface area contributed by atoms with Crippen LogP contribution in [-0.2, 0) is 19.1 Å². The number of nitrogens with one attached hydrogen (secondary N) is 1. The molecular weight excluding hydrogens is 340 g/mol. The van der Waals surface area contributed by atoms with Crippen LogP contribution in [0.1, 0.15) is 20.3 Å². The summed E-state index contributed by atoms with van der Waals surface area (Å²) in [6.07, 6.45) is 1.96. The van der Waals surface area contributed by atoms with Crippen LogP contribution in [0.4, 0.5) is 0 Å². The maximum Gasteiger partial charge on any atom is 0.322 e. The van der Waals surface area contributed by atoms with E-state index in [0.717, 1.165) is 7.11 Å². The molecular formula is C14H28N2O7S. The van der Waals surface area contributed by atoms with Gasteiger partial charge in [0.15, 0.2) is 0 Å². The number of carbonyl (C=O) groups is 3. The third-order valence-corrected chi connectivity index (χ3v) is 2.48. The van der Waals surface area contributed by atoms with Gasteiger partial charge in [-0.2, -0.15) is 12.6 Å². The molecule has 9 nitrogen and oxygen atoms in total. The van der Waals surface area contributed by atoms with Crippen molar-refractivity contribution in [2.45, 2.75) is 38.5 Å². The molecule has 0 aromatic heterocycles. The van der Waals surface area contributed by atoms with E-state index in [4.69, 9.17) is 21.1 Å². The molecule has 0 aliphatic rings. The molecule has 3 unspecified atom stereocenters. The first-order valence-electron chi connectivity index (χ1n) is 6.98. The summed E-state index contributed by atoms with van der Waals surface area (Å²) in [5.74, 6) is -1.18. The number of amides is 1. The number of rotatable bonds is 9. The van der Waals surface area contributed by atoms with Crippen LogP contribution in [0.15, 0.2) is 12.2 Å². The van der Waals surface area contributed by atoms with Crippen molar-refractivity contribution in [2.24, 2.45) is 5.73 Å². The van der Waals surface area contributed by atoms with E-state index in [0.29, 0.717) is 5.75 Å². The van der Waals surface area contributed by atoms with Crippen molar-refractivity contribution in [3.8, 4) is 0 Å². The average molecular weight is 368 g/mol. The van der Waals surface area contributed by atoms with Gasteiger partial charge in [0.2, 0.25) is 5.91 Å². The lowest BCUT2D eigenvalue weighted by molar-refractivity contribution is -0.139.